The van der Waals surface area contributed by atoms with Gasteiger partial charge in [-0.1, -0.05) is 25.2 Å². The molecule has 1 saturated heterocycles. The summed E-state index contributed by atoms with van der Waals surface area (Å²) in [4.78, 5) is 12.2. The molecule has 0 aromatic heterocycles. The second kappa shape index (κ2) is 5.60. The van der Waals surface area contributed by atoms with E-state index in [1.165, 1.54) is 18.4 Å². The van der Waals surface area contributed by atoms with Crippen molar-refractivity contribution in [2.24, 2.45) is 23.2 Å². The number of ether oxygens (including phenoxy) is 1. The molecule has 2 saturated carbocycles. The van der Waals surface area contributed by atoms with Crippen LogP contribution >= 0.6 is 0 Å². The van der Waals surface area contributed by atoms with Crippen LogP contribution in [0.3, 0.4) is 0 Å². The first-order valence-electron chi connectivity index (χ1n) is 8.25. The molecule has 3 heteroatoms. The van der Waals surface area contributed by atoms with Gasteiger partial charge in [-0.15, -0.1) is 6.58 Å². The molecule has 1 heterocycles. The van der Waals surface area contributed by atoms with E-state index in [1.807, 2.05) is 6.08 Å². The van der Waals surface area contributed by atoms with Gasteiger partial charge in [0.1, 0.15) is 6.10 Å². The van der Waals surface area contributed by atoms with Crippen LogP contribution in [0.5, 0.6) is 0 Å². The molecule has 0 aromatic rings. The Hall–Kier alpha value is -1.09. The summed E-state index contributed by atoms with van der Waals surface area (Å²) in [5.41, 5.74) is 1.69. The predicted molar refractivity (Wildman–Crippen MR) is 83.7 cm³/mol. The number of esters is 1. The molecule has 0 amide bonds. The van der Waals surface area contributed by atoms with Gasteiger partial charge in [-0.3, -0.25) is 4.79 Å². The average molecular weight is 289 g/mol. The van der Waals surface area contributed by atoms with Crippen molar-refractivity contribution in [2.75, 3.05) is 13.1 Å². The van der Waals surface area contributed by atoms with Crippen molar-refractivity contribution < 1.29 is 9.53 Å². The molecule has 2 unspecified atom stereocenters. The molecule has 0 aromatic carbocycles. The zero-order chi connectivity index (χ0) is 15.0. The third-order valence-electron chi connectivity index (χ3n) is 5.97. The molecule has 0 radical (unpaired) electrons. The van der Waals surface area contributed by atoms with Crippen LogP contribution in [-0.2, 0) is 9.53 Å². The molecular formula is C18H27NO2. The van der Waals surface area contributed by atoms with Crippen LogP contribution in [0.1, 0.15) is 39.0 Å². The van der Waals surface area contributed by atoms with Gasteiger partial charge in [0, 0.05) is 19.0 Å². The highest BCUT2D eigenvalue weighted by Gasteiger charge is 2.54. The number of rotatable bonds is 4. The Morgan fingerprint density at radius 2 is 2.33 bits per heavy atom. The Morgan fingerprint density at radius 3 is 3.10 bits per heavy atom. The fraction of sp³-hybridized carbons (Fsp3) is 0.722. The highest BCUT2D eigenvalue weighted by molar-refractivity contribution is 5.75. The van der Waals surface area contributed by atoms with Gasteiger partial charge in [-0.2, -0.15) is 0 Å². The fourth-order valence-electron chi connectivity index (χ4n) is 4.83. The zero-order valence-corrected chi connectivity index (χ0v) is 13.1. The smallest absolute Gasteiger partial charge is 0.310 e. The number of carbonyl (C=O) groups excluding carboxylic acids is 1. The average Bonchev–Trinajstić information content (AvgIpc) is 2.72. The highest BCUT2D eigenvalue weighted by atomic mass is 16.6. The van der Waals surface area contributed by atoms with Crippen LogP contribution in [0, 0.1) is 23.2 Å². The first-order valence-corrected chi connectivity index (χ1v) is 8.25. The van der Waals surface area contributed by atoms with Gasteiger partial charge in [0.25, 0.3) is 0 Å². The first-order chi connectivity index (χ1) is 10.0. The second-order valence-corrected chi connectivity index (χ2v) is 7.35. The molecule has 0 spiro atoms. The summed E-state index contributed by atoms with van der Waals surface area (Å²) in [6.45, 7) is 11.9. The van der Waals surface area contributed by atoms with E-state index in [-0.39, 0.29) is 18.0 Å². The van der Waals surface area contributed by atoms with Crippen molar-refractivity contribution in [3.63, 3.8) is 0 Å². The summed E-state index contributed by atoms with van der Waals surface area (Å²) in [6.07, 6.45) is 7.69. The summed E-state index contributed by atoms with van der Waals surface area (Å²) < 4.78 is 5.72. The maximum absolute atomic E-state index is 12.2. The molecule has 3 fully saturated rings. The topological polar surface area (TPSA) is 38.3 Å². The minimum Gasteiger partial charge on any atom is -0.462 e. The predicted octanol–water partition coefficient (Wildman–Crippen LogP) is 3.08. The lowest BCUT2D eigenvalue weighted by molar-refractivity contribution is -0.146. The molecule has 1 N–H and O–H groups in total. The lowest BCUT2D eigenvalue weighted by Gasteiger charge is -2.50. The molecule has 3 nitrogen and oxygen atoms in total. The number of nitrogens with one attached hydrogen (secondary N) is 1. The van der Waals surface area contributed by atoms with Crippen molar-refractivity contribution in [2.45, 2.75) is 45.1 Å². The summed E-state index contributed by atoms with van der Waals surface area (Å²) >= 11 is 0. The van der Waals surface area contributed by atoms with Gasteiger partial charge in [0.2, 0.25) is 0 Å². The van der Waals surface area contributed by atoms with Crippen LogP contribution in [0.25, 0.3) is 0 Å². The van der Waals surface area contributed by atoms with Crippen molar-refractivity contribution in [3.8, 4) is 0 Å². The molecule has 3 aliphatic rings. The first kappa shape index (κ1) is 14.8. The maximum Gasteiger partial charge on any atom is 0.310 e. The number of hydrogen-bond donors (Lipinski definition) is 1. The summed E-state index contributed by atoms with van der Waals surface area (Å²) in [5.74, 6) is 0.940. The van der Waals surface area contributed by atoms with Crippen LogP contribution in [-0.4, -0.2) is 25.2 Å². The van der Waals surface area contributed by atoms with Crippen molar-refractivity contribution in [3.05, 3.63) is 24.8 Å². The quantitative estimate of drug-likeness (QED) is 0.491. The van der Waals surface area contributed by atoms with Gasteiger partial charge in [0.05, 0.1) is 5.92 Å². The minimum absolute atomic E-state index is 0.00517. The monoisotopic (exact) mass is 289 g/mol. The summed E-state index contributed by atoms with van der Waals surface area (Å²) in [6, 6.07) is 0. The van der Waals surface area contributed by atoms with E-state index in [9.17, 15) is 4.79 Å². The second-order valence-electron chi connectivity index (χ2n) is 7.35. The molecular weight excluding hydrogens is 262 g/mol. The van der Waals surface area contributed by atoms with E-state index in [2.05, 4.69) is 25.4 Å². The Balaban J connectivity index is 1.75. The Bertz CT molecular complexity index is 458. The third-order valence-corrected chi connectivity index (χ3v) is 5.97. The van der Waals surface area contributed by atoms with Crippen molar-refractivity contribution in [1.82, 2.24) is 5.32 Å². The van der Waals surface area contributed by atoms with E-state index in [4.69, 9.17) is 4.74 Å². The number of allylic oxidation sites excluding steroid dienone is 1. The molecule has 2 aliphatic carbocycles. The van der Waals surface area contributed by atoms with E-state index < -0.39 is 0 Å². The third kappa shape index (κ3) is 2.57. The van der Waals surface area contributed by atoms with E-state index >= 15 is 0 Å². The van der Waals surface area contributed by atoms with Gasteiger partial charge in [-0.05, 0) is 43.4 Å². The van der Waals surface area contributed by atoms with Gasteiger partial charge >= 0.3 is 5.97 Å². The zero-order valence-electron chi connectivity index (χ0n) is 13.1. The Kier molecular flexibility index (Phi) is 3.96. The van der Waals surface area contributed by atoms with Gasteiger partial charge in [-0.25, -0.2) is 0 Å². The van der Waals surface area contributed by atoms with Crippen molar-refractivity contribution >= 4 is 5.97 Å². The SMILES string of the molecule is C=CCNCC1C(=O)O[C@@H]2C[C@@]3(C)CCCC(=C)C3C[C@H]12. The standard InChI is InChI=1S/C18H27NO2/c1-4-8-19-11-14-13-9-15-12(2)6-5-7-18(15,3)10-16(13)21-17(14)20/h4,13-16,19H,1-2,5-11H2,3H3/t13-,14?,15?,16-,18-/m1/s1. The fourth-order valence-corrected chi connectivity index (χ4v) is 4.83. The lowest BCUT2D eigenvalue weighted by atomic mass is 9.55. The van der Waals surface area contributed by atoms with E-state index in [0.29, 0.717) is 23.8 Å². The summed E-state index contributed by atoms with van der Waals surface area (Å²) in [5, 5.41) is 3.29. The number of carbonyl (C=O) groups is 1. The molecule has 116 valence electrons. The highest BCUT2D eigenvalue weighted by Crippen LogP contribution is 2.56. The molecule has 0 bridgehead atoms. The van der Waals surface area contributed by atoms with Crippen LogP contribution in [0.15, 0.2) is 24.8 Å². The maximum atomic E-state index is 12.2. The molecule has 21 heavy (non-hydrogen) atoms. The summed E-state index contributed by atoms with van der Waals surface area (Å²) in [7, 11) is 0. The molecule has 5 atom stereocenters. The number of fused-ring (bicyclic) bond motifs is 2. The van der Waals surface area contributed by atoms with Crippen LogP contribution in [0.2, 0.25) is 0 Å². The minimum atomic E-state index is -0.00517. The Morgan fingerprint density at radius 1 is 1.52 bits per heavy atom. The number of hydrogen-bond acceptors (Lipinski definition) is 3. The van der Waals surface area contributed by atoms with Gasteiger partial charge in [0.15, 0.2) is 0 Å². The van der Waals surface area contributed by atoms with E-state index in [1.54, 1.807) is 0 Å². The molecule has 3 rings (SSSR count). The van der Waals surface area contributed by atoms with Crippen LogP contribution < -0.4 is 5.32 Å². The Labute approximate surface area is 127 Å². The van der Waals surface area contributed by atoms with Crippen LogP contribution in [0.4, 0.5) is 0 Å². The molecule has 1 aliphatic heterocycles. The lowest BCUT2D eigenvalue weighted by Crippen LogP contribution is -2.45. The largest absolute Gasteiger partial charge is 0.462 e. The van der Waals surface area contributed by atoms with Crippen molar-refractivity contribution in [1.29, 1.82) is 0 Å². The normalized spacial score (nSPS) is 42.1. The van der Waals surface area contributed by atoms with Gasteiger partial charge < -0.3 is 10.1 Å². The van der Waals surface area contributed by atoms with E-state index in [0.717, 1.165) is 25.8 Å².